The highest BCUT2D eigenvalue weighted by molar-refractivity contribution is 5.20. The molecule has 21 heavy (non-hydrogen) atoms. The molecule has 0 aliphatic carbocycles. The smallest absolute Gasteiger partial charge is 0.150 e. The first-order chi connectivity index (χ1) is 10.4. The van der Waals surface area contributed by atoms with Gasteiger partial charge in [-0.05, 0) is 18.6 Å². The van der Waals surface area contributed by atoms with Crippen LogP contribution in [-0.4, -0.2) is 27.9 Å². The summed E-state index contributed by atoms with van der Waals surface area (Å²) in [7, 11) is 0. The summed E-state index contributed by atoms with van der Waals surface area (Å²) in [4.78, 5) is 0. The Bertz CT molecular complexity index is 567. The van der Waals surface area contributed by atoms with Crippen molar-refractivity contribution in [1.82, 2.24) is 20.1 Å². The van der Waals surface area contributed by atoms with Crippen LogP contribution in [0.3, 0.4) is 0 Å². The quantitative estimate of drug-likeness (QED) is 0.885. The average Bonchev–Trinajstić information content (AvgIpc) is 2.93. The highest BCUT2D eigenvalue weighted by atomic mass is 16.5. The van der Waals surface area contributed by atoms with Crippen molar-refractivity contribution in [2.45, 2.75) is 38.8 Å². The highest BCUT2D eigenvalue weighted by Gasteiger charge is 2.23. The van der Waals surface area contributed by atoms with Gasteiger partial charge in [0.25, 0.3) is 0 Å². The summed E-state index contributed by atoms with van der Waals surface area (Å²) in [5.74, 6) is 3.02. The summed E-state index contributed by atoms with van der Waals surface area (Å²) in [6.07, 6.45) is 3.05. The molecule has 1 aliphatic rings. The van der Waals surface area contributed by atoms with Gasteiger partial charge in [0.05, 0.1) is 12.6 Å². The van der Waals surface area contributed by atoms with E-state index in [1.54, 1.807) is 0 Å². The van der Waals surface area contributed by atoms with Gasteiger partial charge in [0.2, 0.25) is 0 Å². The monoisotopic (exact) mass is 286 g/mol. The molecule has 0 spiro atoms. The van der Waals surface area contributed by atoms with Crippen LogP contribution in [0.15, 0.2) is 30.3 Å². The molecule has 0 radical (unpaired) electrons. The standard InChI is InChI=1S/C16H22N4O/c1-2-6-14-16-19-18-15(20(16)11-10-17-14)9-12-21-13-7-4-3-5-8-13/h3-5,7-8,14,17H,2,6,9-12H2,1H3. The van der Waals surface area contributed by atoms with E-state index in [1.807, 2.05) is 30.3 Å². The molecule has 0 amide bonds. The predicted octanol–water partition coefficient (Wildman–Crippen LogP) is 2.34. The number of benzene rings is 1. The van der Waals surface area contributed by atoms with Crippen LogP contribution in [0.1, 0.15) is 37.5 Å². The molecule has 1 N–H and O–H groups in total. The van der Waals surface area contributed by atoms with Gasteiger partial charge in [-0.2, -0.15) is 0 Å². The van der Waals surface area contributed by atoms with Crippen molar-refractivity contribution in [2.24, 2.45) is 0 Å². The van der Waals surface area contributed by atoms with Gasteiger partial charge < -0.3 is 14.6 Å². The van der Waals surface area contributed by atoms with E-state index in [9.17, 15) is 0 Å². The number of para-hydroxylation sites is 1. The Hall–Kier alpha value is -1.88. The zero-order valence-electron chi connectivity index (χ0n) is 12.5. The minimum atomic E-state index is 0.347. The molecule has 0 saturated heterocycles. The molecule has 0 fully saturated rings. The maximum Gasteiger partial charge on any atom is 0.150 e. The largest absolute Gasteiger partial charge is 0.493 e. The maximum atomic E-state index is 5.75. The molecule has 112 valence electrons. The lowest BCUT2D eigenvalue weighted by molar-refractivity contribution is 0.313. The van der Waals surface area contributed by atoms with Gasteiger partial charge in [-0.25, -0.2) is 0 Å². The second-order valence-electron chi connectivity index (χ2n) is 5.33. The van der Waals surface area contributed by atoms with E-state index >= 15 is 0 Å². The summed E-state index contributed by atoms with van der Waals surface area (Å²) in [5.41, 5.74) is 0. The minimum Gasteiger partial charge on any atom is -0.493 e. The highest BCUT2D eigenvalue weighted by Crippen LogP contribution is 2.21. The van der Waals surface area contributed by atoms with Gasteiger partial charge in [-0.3, -0.25) is 0 Å². The zero-order chi connectivity index (χ0) is 14.5. The van der Waals surface area contributed by atoms with Crippen LogP contribution in [-0.2, 0) is 13.0 Å². The third-order valence-electron chi connectivity index (χ3n) is 3.81. The molecule has 1 aromatic carbocycles. The lowest BCUT2D eigenvalue weighted by Crippen LogP contribution is -2.34. The van der Waals surface area contributed by atoms with Crippen LogP contribution in [0.25, 0.3) is 0 Å². The molecule has 1 aromatic heterocycles. The van der Waals surface area contributed by atoms with Crippen molar-refractivity contribution in [1.29, 1.82) is 0 Å². The summed E-state index contributed by atoms with van der Waals surface area (Å²) >= 11 is 0. The summed E-state index contributed by atoms with van der Waals surface area (Å²) in [5, 5.41) is 12.2. The van der Waals surface area contributed by atoms with Gasteiger partial charge in [0, 0.05) is 19.5 Å². The molecule has 1 aliphatic heterocycles. The third-order valence-corrected chi connectivity index (χ3v) is 3.81. The van der Waals surface area contributed by atoms with Crippen molar-refractivity contribution in [3.63, 3.8) is 0 Å². The normalized spacial score (nSPS) is 17.5. The fraction of sp³-hybridized carbons (Fsp3) is 0.500. The SMILES string of the molecule is CCCC1NCCn2c(CCOc3ccccc3)nnc21. The van der Waals surface area contributed by atoms with Crippen LogP contribution in [0.5, 0.6) is 5.75 Å². The summed E-state index contributed by atoms with van der Waals surface area (Å²) in [6, 6.07) is 10.2. The van der Waals surface area contributed by atoms with E-state index in [0.29, 0.717) is 12.6 Å². The molecular formula is C16H22N4O. The topological polar surface area (TPSA) is 52.0 Å². The van der Waals surface area contributed by atoms with Crippen molar-refractivity contribution < 1.29 is 4.74 Å². The fourth-order valence-electron chi connectivity index (χ4n) is 2.77. The van der Waals surface area contributed by atoms with E-state index in [2.05, 4.69) is 27.0 Å². The van der Waals surface area contributed by atoms with Crippen molar-refractivity contribution in [3.8, 4) is 5.75 Å². The van der Waals surface area contributed by atoms with E-state index in [0.717, 1.165) is 49.8 Å². The number of nitrogens with one attached hydrogen (secondary N) is 1. The first-order valence-electron chi connectivity index (χ1n) is 7.71. The lowest BCUT2D eigenvalue weighted by Gasteiger charge is -2.24. The van der Waals surface area contributed by atoms with E-state index in [-0.39, 0.29) is 0 Å². The average molecular weight is 286 g/mol. The Morgan fingerprint density at radius 1 is 1.29 bits per heavy atom. The van der Waals surface area contributed by atoms with Crippen molar-refractivity contribution >= 4 is 0 Å². The van der Waals surface area contributed by atoms with Crippen molar-refractivity contribution in [3.05, 3.63) is 42.0 Å². The second kappa shape index (κ2) is 6.72. The molecule has 0 bridgehead atoms. The number of fused-ring (bicyclic) bond motifs is 1. The predicted molar refractivity (Wildman–Crippen MR) is 81.3 cm³/mol. The Kier molecular flexibility index (Phi) is 4.50. The number of hydrogen-bond donors (Lipinski definition) is 1. The molecule has 5 heteroatoms. The van der Waals surface area contributed by atoms with Crippen LogP contribution in [0.2, 0.25) is 0 Å². The lowest BCUT2D eigenvalue weighted by atomic mass is 10.1. The van der Waals surface area contributed by atoms with E-state index < -0.39 is 0 Å². The summed E-state index contributed by atoms with van der Waals surface area (Å²) in [6.45, 7) is 4.77. The molecule has 1 atom stereocenters. The Morgan fingerprint density at radius 3 is 2.95 bits per heavy atom. The third kappa shape index (κ3) is 3.24. The van der Waals surface area contributed by atoms with Crippen LogP contribution < -0.4 is 10.1 Å². The van der Waals surface area contributed by atoms with Crippen LogP contribution in [0, 0.1) is 0 Å². The molecule has 3 rings (SSSR count). The number of aromatic nitrogens is 3. The van der Waals surface area contributed by atoms with Gasteiger partial charge in [-0.15, -0.1) is 10.2 Å². The molecular weight excluding hydrogens is 264 g/mol. The Balaban J connectivity index is 1.62. The number of rotatable bonds is 6. The van der Waals surface area contributed by atoms with Crippen molar-refractivity contribution in [2.75, 3.05) is 13.2 Å². The van der Waals surface area contributed by atoms with E-state index in [4.69, 9.17) is 4.74 Å². The summed E-state index contributed by atoms with van der Waals surface area (Å²) < 4.78 is 8.00. The van der Waals surface area contributed by atoms with Crippen LogP contribution >= 0.6 is 0 Å². The molecule has 2 aromatic rings. The number of hydrogen-bond acceptors (Lipinski definition) is 4. The zero-order valence-corrected chi connectivity index (χ0v) is 12.5. The minimum absolute atomic E-state index is 0.347. The maximum absolute atomic E-state index is 5.75. The van der Waals surface area contributed by atoms with Gasteiger partial charge in [-0.1, -0.05) is 31.5 Å². The van der Waals surface area contributed by atoms with Gasteiger partial charge >= 0.3 is 0 Å². The Morgan fingerprint density at radius 2 is 2.14 bits per heavy atom. The molecule has 1 unspecified atom stereocenters. The van der Waals surface area contributed by atoms with Gasteiger partial charge in [0.15, 0.2) is 0 Å². The first-order valence-corrected chi connectivity index (χ1v) is 7.71. The van der Waals surface area contributed by atoms with Gasteiger partial charge in [0.1, 0.15) is 17.4 Å². The number of ether oxygens (including phenoxy) is 1. The van der Waals surface area contributed by atoms with E-state index in [1.165, 1.54) is 0 Å². The molecule has 0 saturated carbocycles. The molecule has 5 nitrogen and oxygen atoms in total. The first kappa shape index (κ1) is 14.1. The Labute approximate surface area is 125 Å². The molecule has 2 heterocycles. The second-order valence-corrected chi connectivity index (χ2v) is 5.33. The fourth-order valence-corrected chi connectivity index (χ4v) is 2.77. The van der Waals surface area contributed by atoms with Crippen LogP contribution in [0.4, 0.5) is 0 Å². The number of nitrogens with zero attached hydrogens (tertiary/aromatic N) is 3.